The van der Waals surface area contributed by atoms with Gasteiger partial charge in [-0.05, 0) is 17.7 Å². The third-order valence-corrected chi connectivity index (χ3v) is 2.63. The van der Waals surface area contributed by atoms with Crippen LogP contribution in [0.3, 0.4) is 0 Å². The van der Waals surface area contributed by atoms with Gasteiger partial charge in [-0.3, -0.25) is 4.79 Å². The van der Waals surface area contributed by atoms with Crippen LogP contribution in [0.25, 0.3) is 0 Å². The molecule has 2 aromatic rings. The molecule has 0 saturated carbocycles. The van der Waals surface area contributed by atoms with Crippen LogP contribution in [-0.4, -0.2) is 17.1 Å². The molecule has 0 radical (unpaired) electrons. The lowest BCUT2D eigenvalue weighted by Gasteiger charge is -2.05. The predicted molar refractivity (Wildman–Crippen MR) is 71.6 cm³/mol. The molecule has 0 aliphatic heterocycles. The largest absolute Gasteiger partial charge is 0.357 e. The normalized spacial score (nSPS) is 12.5. The van der Waals surface area contributed by atoms with Gasteiger partial charge in [-0.25, -0.2) is 5.43 Å². The average Bonchev–Trinajstić information content (AvgIpc) is 2.93. The Morgan fingerprint density at radius 3 is 2.72 bits per heavy atom. The van der Waals surface area contributed by atoms with Gasteiger partial charge in [0.1, 0.15) is 5.69 Å². The van der Waals surface area contributed by atoms with Gasteiger partial charge in [0.05, 0.1) is 0 Å². The van der Waals surface area contributed by atoms with Crippen molar-refractivity contribution in [1.82, 2.24) is 10.4 Å². The maximum atomic E-state index is 11.6. The van der Waals surface area contributed by atoms with Crippen molar-refractivity contribution in [2.45, 2.75) is 12.8 Å². The molecule has 92 valence electrons. The lowest BCUT2D eigenvalue weighted by Crippen LogP contribution is -2.18. The maximum Gasteiger partial charge on any atom is 0.287 e. The summed E-state index contributed by atoms with van der Waals surface area (Å²) in [5.41, 5.74) is 4.15. The van der Waals surface area contributed by atoms with Gasteiger partial charge in [-0.15, -0.1) is 0 Å². The van der Waals surface area contributed by atoms with Crippen LogP contribution in [0.15, 0.2) is 53.8 Å². The third-order valence-electron chi connectivity index (χ3n) is 2.63. The summed E-state index contributed by atoms with van der Waals surface area (Å²) >= 11 is 0. The molecule has 2 rings (SSSR count). The van der Waals surface area contributed by atoms with E-state index in [1.807, 2.05) is 37.3 Å². The van der Waals surface area contributed by atoms with Crippen molar-refractivity contribution in [3.63, 3.8) is 0 Å². The number of benzene rings is 1. The van der Waals surface area contributed by atoms with Crippen LogP contribution >= 0.6 is 0 Å². The van der Waals surface area contributed by atoms with E-state index in [0.29, 0.717) is 5.69 Å². The fourth-order valence-corrected chi connectivity index (χ4v) is 1.58. The van der Waals surface area contributed by atoms with Crippen LogP contribution in [0, 0.1) is 0 Å². The van der Waals surface area contributed by atoms with E-state index < -0.39 is 0 Å². The highest BCUT2D eigenvalue weighted by atomic mass is 16.2. The Morgan fingerprint density at radius 2 is 2.06 bits per heavy atom. The van der Waals surface area contributed by atoms with Crippen molar-refractivity contribution in [2.24, 2.45) is 5.10 Å². The number of nitrogens with one attached hydrogen (secondary N) is 2. The summed E-state index contributed by atoms with van der Waals surface area (Å²) in [5.74, 6) is -0.0772. The second-order valence-electron chi connectivity index (χ2n) is 4.00. The minimum atomic E-state index is -0.239. The number of H-pyrrole nitrogens is 1. The van der Waals surface area contributed by atoms with Crippen molar-refractivity contribution < 1.29 is 4.79 Å². The van der Waals surface area contributed by atoms with Crippen LogP contribution in [0.4, 0.5) is 0 Å². The minimum absolute atomic E-state index is 0.162. The summed E-state index contributed by atoms with van der Waals surface area (Å²) in [6, 6.07) is 13.5. The van der Waals surface area contributed by atoms with Gasteiger partial charge in [-0.2, -0.15) is 5.10 Å². The van der Waals surface area contributed by atoms with Crippen molar-refractivity contribution in [3.05, 3.63) is 59.9 Å². The van der Waals surface area contributed by atoms with E-state index in [1.165, 1.54) is 0 Å². The number of rotatable bonds is 4. The Kier molecular flexibility index (Phi) is 3.91. The standard InChI is InChI=1S/C14H15N3O/c1-11(12-6-3-2-4-7-12)10-16-17-14(18)13-8-5-9-15-13/h2-11,15H,1H3,(H,17,18)/b16-10-/t11-/m0/s1. The molecule has 0 unspecified atom stereocenters. The molecule has 1 atom stereocenters. The Morgan fingerprint density at radius 1 is 1.28 bits per heavy atom. The van der Waals surface area contributed by atoms with Crippen LogP contribution in [0.5, 0.6) is 0 Å². The highest BCUT2D eigenvalue weighted by Crippen LogP contribution is 2.11. The summed E-state index contributed by atoms with van der Waals surface area (Å²) in [6.45, 7) is 2.03. The number of hydrogen-bond acceptors (Lipinski definition) is 2. The summed E-state index contributed by atoms with van der Waals surface area (Å²) < 4.78 is 0. The zero-order valence-corrected chi connectivity index (χ0v) is 10.1. The van der Waals surface area contributed by atoms with E-state index >= 15 is 0 Å². The van der Waals surface area contributed by atoms with E-state index in [1.54, 1.807) is 24.5 Å². The van der Waals surface area contributed by atoms with Crippen LogP contribution in [-0.2, 0) is 0 Å². The fraction of sp³-hybridized carbons (Fsp3) is 0.143. The summed E-state index contributed by atoms with van der Waals surface area (Å²) in [6.07, 6.45) is 3.42. The van der Waals surface area contributed by atoms with Crippen LogP contribution in [0.1, 0.15) is 28.9 Å². The van der Waals surface area contributed by atoms with Crippen molar-refractivity contribution >= 4 is 12.1 Å². The number of aromatic amines is 1. The van der Waals surface area contributed by atoms with E-state index in [9.17, 15) is 4.79 Å². The molecule has 1 aromatic heterocycles. The van der Waals surface area contributed by atoms with Crippen molar-refractivity contribution in [2.75, 3.05) is 0 Å². The molecule has 4 nitrogen and oxygen atoms in total. The summed E-state index contributed by atoms with van der Waals surface area (Å²) in [5, 5.41) is 3.96. The monoisotopic (exact) mass is 241 g/mol. The minimum Gasteiger partial charge on any atom is -0.357 e. The predicted octanol–water partition coefficient (Wildman–Crippen LogP) is 2.53. The van der Waals surface area contributed by atoms with Gasteiger partial charge in [0.15, 0.2) is 0 Å². The second kappa shape index (κ2) is 5.82. The molecule has 1 aromatic carbocycles. The third kappa shape index (κ3) is 3.07. The number of amides is 1. The van der Waals surface area contributed by atoms with Gasteiger partial charge in [0, 0.05) is 18.3 Å². The van der Waals surface area contributed by atoms with E-state index in [2.05, 4.69) is 15.5 Å². The highest BCUT2D eigenvalue weighted by Gasteiger charge is 2.04. The van der Waals surface area contributed by atoms with E-state index in [0.717, 1.165) is 5.56 Å². The summed E-state index contributed by atoms with van der Waals surface area (Å²) in [4.78, 5) is 14.4. The Labute approximate surface area is 106 Å². The van der Waals surface area contributed by atoms with E-state index in [-0.39, 0.29) is 11.8 Å². The van der Waals surface area contributed by atoms with Crippen LogP contribution in [0.2, 0.25) is 0 Å². The average molecular weight is 241 g/mol. The quantitative estimate of drug-likeness (QED) is 0.627. The molecule has 0 aliphatic carbocycles. The highest BCUT2D eigenvalue weighted by molar-refractivity contribution is 5.92. The Hall–Kier alpha value is -2.36. The first-order chi connectivity index (χ1) is 8.77. The molecule has 0 spiro atoms. The molecule has 1 heterocycles. The molecule has 0 saturated heterocycles. The lowest BCUT2D eigenvalue weighted by atomic mass is 10.0. The van der Waals surface area contributed by atoms with E-state index in [4.69, 9.17) is 0 Å². The second-order valence-corrected chi connectivity index (χ2v) is 4.00. The molecule has 18 heavy (non-hydrogen) atoms. The van der Waals surface area contributed by atoms with Crippen molar-refractivity contribution in [3.8, 4) is 0 Å². The maximum absolute atomic E-state index is 11.6. The SMILES string of the molecule is C[C@@H](/C=N\NC(=O)c1ccc[nH]1)c1ccccc1. The number of hydrazone groups is 1. The molecule has 0 aliphatic rings. The first-order valence-corrected chi connectivity index (χ1v) is 5.79. The van der Waals surface area contributed by atoms with Crippen LogP contribution < -0.4 is 5.43 Å². The van der Waals surface area contributed by atoms with Gasteiger partial charge in [-0.1, -0.05) is 37.3 Å². The van der Waals surface area contributed by atoms with Gasteiger partial charge >= 0.3 is 0 Å². The van der Waals surface area contributed by atoms with Crippen molar-refractivity contribution in [1.29, 1.82) is 0 Å². The fourth-order valence-electron chi connectivity index (χ4n) is 1.58. The Bertz CT molecular complexity index is 517. The first-order valence-electron chi connectivity index (χ1n) is 5.79. The number of nitrogens with zero attached hydrogens (tertiary/aromatic N) is 1. The lowest BCUT2D eigenvalue weighted by molar-refractivity contribution is 0.0950. The van der Waals surface area contributed by atoms with Gasteiger partial charge < -0.3 is 4.98 Å². The topological polar surface area (TPSA) is 57.2 Å². The number of aromatic nitrogens is 1. The molecule has 0 fully saturated rings. The number of hydrogen-bond donors (Lipinski definition) is 2. The van der Waals surface area contributed by atoms with Gasteiger partial charge in [0.25, 0.3) is 5.91 Å². The molecular formula is C14H15N3O. The molecule has 1 amide bonds. The zero-order chi connectivity index (χ0) is 12.8. The molecule has 2 N–H and O–H groups in total. The molecular weight excluding hydrogens is 226 g/mol. The first kappa shape index (κ1) is 12.1. The molecule has 0 bridgehead atoms. The smallest absolute Gasteiger partial charge is 0.287 e. The number of carbonyl (C=O) groups excluding carboxylic acids is 1. The Balaban J connectivity index is 1.90. The summed E-state index contributed by atoms with van der Waals surface area (Å²) in [7, 11) is 0. The molecule has 4 heteroatoms. The van der Waals surface area contributed by atoms with Gasteiger partial charge in [0.2, 0.25) is 0 Å². The zero-order valence-electron chi connectivity index (χ0n) is 10.1. The number of carbonyl (C=O) groups is 1.